The largest absolute Gasteiger partial charge is 0.373 e. The van der Waals surface area contributed by atoms with Gasteiger partial charge in [0.2, 0.25) is 0 Å². The lowest BCUT2D eigenvalue weighted by atomic mass is 10.0. The summed E-state index contributed by atoms with van der Waals surface area (Å²) < 4.78 is 0. The highest BCUT2D eigenvalue weighted by Crippen LogP contribution is 2.21. The lowest BCUT2D eigenvalue weighted by molar-refractivity contribution is -0.112. The molecule has 0 radical (unpaired) electrons. The molecular formula is C23H25ClN4O. The third kappa shape index (κ3) is 5.52. The Kier molecular flexibility index (Phi) is 6.79. The second kappa shape index (κ2) is 9.49. The van der Waals surface area contributed by atoms with Crippen LogP contribution in [0.1, 0.15) is 25.3 Å². The van der Waals surface area contributed by atoms with Crippen LogP contribution in [0.4, 0.5) is 11.4 Å². The normalized spacial score (nSPS) is 14.7. The fourth-order valence-corrected chi connectivity index (χ4v) is 3.44. The fourth-order valence-electron chi connectivity index (χ4n) is 3.25. The number of halogens is 1. The van der Waals surface area contributed by atoms with Crippen molar-refractivity contribution in [2.75, 3.05) is 36.4 Å². The van der Waals surface area contributed by atoms with E-state index < -0.39 is 0 Å². The molecule has 1 N–H and O–H groups in total. The third-order valence-corrected chi connectivity index (χ3v) is 5.23. The minimum atomic E-state index is -0.387. The molecule has 29 heavy (non-hydrogen) atoms. The van der Waals surface area contributed by atoms with Gasteiger partial charge in [-0.15, -0.1) is 0 Å². The Morgan fingerprint density at radius 2 is 1.83 bits per heavy atom. The van der Waals surface area contributed by atoms with Gasteiger partial charge >= 0.3 is 0 Å². The van der Waals surface area contributed by atoms with E-state index in [0.29, 0.717) is 11.6 Å². The summed E-state index contributed by atoms with van der Waals surface area (Å²) in [6, 6.07) is 17.5. The zero-order chi connectivity index (χ0) is 20.8. The smallest absolute Gasteiger partial charge is 0.267 e. The minimum absolute atomic E-state index is 0.106. The maximum atomic E-state index is 12.5. The fraction of sp³-hybridized carbons (Fsp3) is 0.304. The van der Waals surface area contributed by atoms with Gasteiger partial charge in [-0.1, -0.05) is 43.6 Å². The molecule has 0 bridgehead atoms. The Morgan fingerprint density at radius 1 is 1.14 bits per heavy atom. The molecule has 1 heterocycles. The molecule has 1 aliphatic rings. The molecule has 0 saturated carbocycles. The Labute approximate surface area is 177 Å². The van der Waals surface area contributed by atoms with Crippen LogP contribution in [0.25, 0.3) is 0 Å². The number of amides is 1. The molecule has 0 spiro atoms. The van der Waals surface area contributed by atoms with Crippen LogP contribution in [0.15, 0.2) is 60.3 Å². The second-order valence-electron chi connectivity index (χ2n) is 7.39. The molecule has 0 atom stereocenters. The van der Waals surface area contributed by atoms with E-state index in [1.807, 2.05) is 59.5 Å². The summed E-state index contributed by atoms with van der Waals surface area (Å²) in [4.78, 5) is 16.8. The summed E-state index contributed by atoms with van der Waals surface area (Å²) in [5.41, 5.74) is 3.08. The Bertz CT molecular complexity index is 923. The molecule has 5 nitrogen and oxygen atoms in total. The summed E-state index contributed by atoms with van der Waals surface area (Å²) >= 11 is 6.08. The van der Waals surface area contributed by atoms with Crippen molar-refractivity contribution in [2.24, 2.45) is 0 Å². The van der Waals surface area contributed by atoms with Crippen molar-refractivity contribution in [1.82, 2.24) is 4.90 Å². The molecule has 0 aromatic heterocycles. The zero-order valence-electron chi connectivity index (χ0n) is 16.7. The van der Waals surface area contributed by atoms with E-state index in [4.69, 9.17) is 11.6 Å². The first-order valence-electron chi connectivity index (χ1n) is 9.74. The molecule has 2 aromatic carbocycles. The number of rotatable bonds is 5. The van der Waals surface area contributed by atoms with Crippen molar-refractivity contribution >= 4 is 28.9 Å². The van der Waals surface area contributed by atoms with Crippen LogP contribution in [0.3, 0.4) is 0 Å². The van der Waals surface area contributed by atoms with Crippen LogP contribution >= 0.6 is 11.6 Å². The van der Waals surface area contributed by atoms with Gasteiger partial charge in [-0.05, 0) is 41.8 Å². The minimum Gasteiger partial charge on any atom is -0.373 e. The molecule has 2 aromatic rings. The predicted octanol–water partition coefficient (Wildman–Crippen LogP) is 4.63. The van der Waals surface area contributed by atoms with Crippen molar-refractivity contribution in [3.05, 3.63) is 70.9 Å². The Morgan fingerprint density at radius 3 is 2.41 bits per heavy atom. The number of nitrogens with one attached hydrogen (secondary N) is 1. The highest BCUT2D eigenvalue weighted by atomic mass is 35.5. The molecule has 3 rings (SSSR count). The monoisotopic (exact) mass is 408 g/mol. The lowest BCUT2D eigenvalue weighted by Crippen LogP contribution is -2.44. The lowest BCUT2D eigenvalue weighted by Gasteiger charge is -2.35. The predicted molar refractivity (Wildman–Crippen MR) is 118 cm³/mol. The highest BCUT2D eigenvalue weighted by Gasteiger charge is 2.18. The molecule has 1 fully saturated rings. The van der Waals surface area contributed by atoms with Crippen molar-refractivity contribution < 1.29 is 4.79 Å². The number of nitriles is 1. The molecule has 1 aliphatic heterocycles. The van der Waals surface area contributed by atoms with E-state index in [9.17, 15) is 10.1 Å². The first-order chi connectivity index (χ1) is 14.0. The van der Waals surface area contributed by atoms with Crippen LogP contribution < -0.4 is 10.2 Å². The quantitative estimate of drug-likeness (QED) is 0.578. The molecule has 6 heteroatoms. The van der Waals surface area contributed by atoms with Crippen molar-refractivity contribution in [3.8, 4) is 6.07 Å². The number of hydrogen-bond acceptors (Lipinski definition) is 4. The first-order valence-corrected chi connectivity index (χ1v) is 10.1. The number of carbonyl (C=O) groups is 1. The van der Waals surface area contributed by atoms with Gasteiger partial charge in [0.1, 0.15) is 11.6 Å². The van der Waals surface area contributed by atoms with Crippen LogP contribution in [0.2, 0.25) is 5.02 Å². The maximum absolute atomic E-state index is 12.5. The number of benzene rings is 2. The number of piperazine rings is 1. The highest BCUT2D eigenvalue weighted by molar-refractivity contribution is 6.30. The standard InChI is InChI=1S/C23H25ClN4O/c1-17(2)18-6-8-21(9-7-18)26-23(29)19(15-25)16-27-10-12-28(13-11-27)22-5-3-4-20(24)14-22/h3-9,14,16-17H,10-13H2,1-2H3,(H,26,29)/b19-16-. The molecule has 150 valence electrons. The number of hydrogen-bond donors (Lipinski definition) is 1. The number of carbonyl (C=O) groups excluding carboxylic acids is 1. The summed E-state index contributed by atoms with van der Waals surface area (Å²) in [6.07, 6.45) is 1.66. The van der Waals surface area contributed by atoms with Crippen molar-refractivity contribution in [2.45, 2.75) is 19.8 Å². The van der Waals surface area contributed by atoms with Crippen LogP contribution in [-0.4, -0.2) is 37.0 Å². The summed E-state index contributed by atoms with van der Waals surface area (Å²) in [5, 5.41) is 13.0. The van der Waals surface area contributed by atoms with Gasteiger partial charge in [0, 0.05) is 48.8 Å². The summed E-state index contributed by atoms with van der Waals surface area (Å²) in [5.74, 6) is 0.0435. The van der Waals surface area contributed by atoms with Crippen molar-refractivity contribution in [3.63, 3.8) is 0 Å². The van der Waals surface area contributed by atoms with E-state index in [1.165, 1.54) is 5.56 Å². The topological polar surface area (TPSA) is 59.4 Å². The summed E-state index contributed by atoms with van der Waals surface area (Å²) in [6.45, 7) is 7.30. The number of nitrogens with zero attached hydrogens (tertiary/aromatic N) is 3. The van der Waals surface area contributed by atoms with Crippen LogP contribution in [0.5, 0.6) is 0 Å². The van der Waals surface area contributed by atoms with E-state index in [0.717, 1.165) is 36.9 Å². The van der Waals surface area contributed by atoms with Gasteiger partial charge < -0.3 is 15.1 Å². The van der Waals surface area contributed by atoms with E-state index in [2.05, 4.69) is 24.1 Å². The van der Waals surface area contributed by atoms with Crippen molar-refractivity contribution in [1.29, 1.82) is 5.26 Å². The second-order valence-corrected chi connectivity index (χ2v) is 7.82. The van der Waals surface area contributed by atoms with Gasteiger partial charge in [0.05, 0.1) is 0 Å². The molecule has 0 unspecified atom stereocenters. The molecule has 1 saturated heterocycles. The average Bonchev–Trinajstić information content (AvgIpc) is 2.72. The van der Waals surface area contributed by atoms with Gasteiger partial charge in [0.15, 0.2) is 0 Å². The molecule has 0 aliphatic carbocycles. The first kappa shape index (κ1) is 20.8. The maximum Gasteiger partial charge on any atom is 0.267 e. The van der Waals surface area contributed by atoms with E-state index in [-0.39, 0.29) is 11.5 Å². The molecular weight excluding hydrogens is 384 g/mol. The third-order valence-electron chi connectivity index (χ3n) is 5.00. The Balaban J connectivity index is 1.59. The van der Waals surface area contributed by atoms with Crippen LogP contribution in [-0.2, 0) is 4.79 Å². The van der Waals surface area contributed by atoms with E-state index in [1.54, 1.807) is 6.20 Å². The summed E-state index contributed by atoms with van der Waals surface area (Å²) in [7, 11) is 0. The van der Waals surface area contributed by atoms with Gasteiger partial charge in [0.25, 0.3) is 5.91 Å². The SMILES string of the molecule is CC(C)c1ccc(NC(=O)/C(C#N)=C\N2CCN(c3cccc(Cl)c3)CC2)cc1. The molecule has 1 amide bonds. The van der Waals surface area contributed by atoms with Crippen LogP contribution in [0, 0.1) is 11.3 Å². The van der Waals surface area contributed by atoms with E-state index >= 15 is 0 Å². The Hall–Kier alpha value is -2.97. The average molecular weight is 409 g/mol. The van der Waals surface area contributed by atoms with Gasteiger partial charge in [-0.25, -0.2) is 0 Å². The van der Waals surface area contributed by atoms with Gasteiger partial charge in [-0.2, -0.15) is 5.26 Å². The zero-order valence-corrected chi connectivity index (χ0v) is 17.5. The van der Waals surface area contributed by atoms with Gasteiger partial charge in [-0.3, -0.25) is 4.79 Å². The number of anilines is 2.